The van der Waals surface area contributed by atoms with E-state index < -0.39 is 0 Å². The molecule has 0 spiro atoms. The smallest absolute Gasteiger partial charge is 0.120 e. The second-order valence-corrected chi connectivity index (χ2v) is 7.84. The highest BCUT2D eigenvalue weighted by atomic mass is 15.3. The van der Waals surface area contributed by atoms with Gasteiger partial charge in [0.1, 0.15) is 5.82 Å². The number of hydrogen-bond acceptors (Lipinski definition) is 3. The van der Waals surface area contributed by atoms with Gasteiger partial charge < -0.3 is 4.98 Å². The molecule has 2 bridgehead atoms. The number of nitrogens with zero attached hydrogens (tertiary/aromatic N) is 3. The number of likely N-dealkylation sites (tertiary alicyclic amines) is 1. The number of rotatable bonds is 3. The third-order valence-corrected chi connectivity index (χ3v) is 6.51. The molecule has 0 amide bonds. The van der Waals surface area contributed by atoms with Crippen molar-refractivity contribution in [2.45, 2.75) is 44.3 Å². The van der Waals surface area contributed by atoms with Crippen LogP contribution in [0.15, 0.2) is 36.7 Å². The van der Waals surface area contributed by atoms with Crippen LogP contribution < -0.4 is 0 Å². The lowest BCUT2D eigenvalue weighted by Gasteiger charge is -2.51. The first kappa shape index (κ1) is 14.7. The summed E-state index contributed by atoms with van der Waals surface area (Å²) in [7, 11) is 0. The Bertz CT molecular complexity index is 685. The van der Waals surface area contributed by atoms with Crippen LogP contribution in [-0.4, -0.2) is 51.5 Å². The minimum Gasteiger partial charge on any atom is -0.348 e. The third kappa shape index (κ3) is 2.32. The molecule has 4 nitrogen and oxygen atoms in total. The van der Waals surface area contributed by atoms with Crippen molar-refractivity contribution in [2.75, 3.05) is 19.6 Å². The Kier molecular flexibility index (Phi) is 3.49. The zero-order chi connectivity index (χ0) is 16.1. The van der Waals surface area contributed by atoms with E-state index in [0.29, 0.717) is 18.0 Å². The summed E-state index contributed by atoms with van der Waals surface area (Å²) in [4.78, 5) is 13.3. The zero-order valence-corrected chi connectivity index (χ0v) is 14.4. The summed E-state index contributed by atoms with van der Waals surface area (Å²) < 4.78 is 0. The lowest BCUT2D eigenvalue weighted by molar-refractivity contribution is -0.00924. The Morgan fingerprint density at radius 1 is 1.12 bits per heavy atom. The summed E-state index contributed by atoms with van der Waals surface area (Å²) in [5.74, 6) is 2.61. The Morgan fingerprint density at radius 3 is 2.62 bits per heavy atom. The summed E-state index contributed by atoms with van der Waals surface area (Å²) in [6.07, 6.45) is 6.56. The highest BCUT2D eigenvalue weighted by Gasteiger charge is 2.53. The molecule has 1 aromatic carbocycles. The molecular formula is C20H26N4. The van der Waals surface area contributed by atoms with Gasteiger partial charge >= 0.3 is 0 Å². The fourth-order valence-electron chi connectivity index (χ4n) is 5.41. The Labute approximate surface area is 143 Å². The van der Waals surface area contributed by atoms with Gasteiger partial charge in [-0.25, -0.2) is 4.98 Å². The van der Waals surface area contributed by atoms with Gasteiger partial charge in [0.2, 0.25) is 0 Å². The molecule has 4 heteroatoms. The number of imidazole rings is 1. The highest BCUT2D eigenvalue weighted by Crippen LogP contribution is 2.46. The van der Waals surface area contributed by atoms with Crippen molar-refractivity contribution in [1.29, 1.82) is 0 Å². The standard InChI is InChI=1S/C20H26N4/c1-14-2-4-15(5-3-14)17-12-24(13-18-21-8-9-22-18)19-16-6-10-23(11-7-16)20(17)19/h2-5,8-9,16-17,19-20H,6-7,10-13H2,1H3,(H,21,22)/t17-,19+,20+/m0/s1. The van der Waals surface area contributed by atoms with Crippen LogP contribution in [-0.2, 0) is 6.54 Å². The van der Waals surface area contributed by atoms with Crippen LogP contribution in [0.25, 0.3) is 0 Å². The molecule has 4 aliphatic heterocycles. The monoisotopic (exact) mass is 322 g/mol. The fourth-order valence-corrected chi connectivity index (χ4v) is 5.41. The summed E-state index contributed by atoms with van der Waals surface area (Å²) in [6, 6.07) is 10.7. The van der Waals surface area contributed by atoms with Crippen LogP contribution in [0, 0.1) is 12.8 Å². The van der Waals surface area contributed by atoms with Crippen molar-refractivity contribution in [3.8, 4) is 0 Å². The van der Waals surface area contributed by atoms with E-state index in [1.165, 1.54) is 37.1 Å². The molecule has 0 unspecified atom stereocenters. The number of aromatic amines is 1. The molecule has 4 fully saturated rings. The van der Waals surface area contributed by atoms with Crippen molar-refractivity contribution in [1.82, 2.24) is 19.8 Å². The molecule has 1 N–H and O–H groups in total. The van der Waals surface area contributed by atoms with E-state index in [0.717, 1.165) is 24.8 Å². The Morgan fingerprint density at radius 2 is 1.92 bits per heavy atom. The maximum absolute atomic E-state index is 4.48. The van der Waals surface area contributed by atoms with Gasteiger partial charge in [0.15, 0.2) is 0 Å². The Balaban J connectivity index is 1.48. The van der Waals surface area contributed by atoms with E-state index in [-0.39, 0.29) is 0 Å². The zero-order valence-electron chi connectivity index (χ0n) is 14.4. The maximum Gasteiger partial charge on any atom is 0.120 e. The summed E-state index contributed by atoms with van der Waals surface area (Å²) in [6.45, 7) is 6.88. The number of fused-ring (bicyclic) bond motifs is 2. The van der Waals surface area contributed by atoms with Gasteiger partial charge in [0.05, 0.1) is 6.54 Å². The predicted octanol–water partition coefficient (Wildman–Crippen LogP) is 2.78. The van der Waals surface area contributed by atoms with E-state index in [4.69, 9.17) is 0 Å². The minimum absolute atomic E-state index is 0.633. The molecular weight excluding hydrogens is 296 g/mol. The molecule has 0 aliphatic carbocycles. The molecule has 0 saturated carbocycles. The highest BCUT2D eigenvalue weighted by molar-refractivity contribution is 5.29. The number of nitrogens with one attached hydrogen (secondary N) is 1. The number of aromatic nitrogens is 2. The van der Waals surface area contributed by atoms with Crippen LogP contribution in [0.4, 0.5) is 0 Å². The molecule has 1 aromatic heterocycles. The second kappa shape index (κ2) is 5.71. The molecule has 4 saturated heterocycles. The lowest BCUT2D eigenvalue weighted by atomic mass is 9.75. The molecule has 4 aliphatic rings. The first-order chi connectivity index (χ1) is 11.8. The number of aryl methyl sites for hydroxylation is 1. The van der Waals surface area contributed by atoms with Crippen molar-refractivity contribution in [2.24, 2.45) is 5.92 Å². The summed E-state index contributed by atoms with van der Waals surface area (Å²) in [5, 5.41) is 0. The van der Waals surface area contributed by atoms with Crippen molar-refractivity contribution in [3.63, 3.8) is 0 Å². The van der Waals surface area contributed by atoms with Crippen LogP contribution >= 0.6 is 0 Å². The van der Waals surface area contributed by atoms with Crippen LogP contribution in [0.3, 0.4) is 0 Å². The quantitative estimate of drug-likeness (QED) is 0.944. The molecule has 126 valence electrons. The van der Waals surface area contributed by atoms with Crippen LogP contribution in [0.5, 0.6) is 0 Å². The van der Waals surface area contributed by atoms with Crippen LogP contribution in [0.2, 0.25) is 0 Å². The average molecular weight is 322 g/mol. The number of piperidine rings is 3. The van der Waals surface area contributed by atoms with Gasteiger partial charge in [-0.3, -0.25) is 9.80 Å². The minimum atomic E-state index is 0.633. The number of benzene rings is 1. The topological polar surface area (TPSA) is 35.2 Å². The summed E-state index contributed by atoms with van der Waals surface area (Å²) >= 11 is 0. The second-order valence-electron chi connectivity index (χ2n) is 7.84. The van der Waals surface area contributed by atoms with E-state index >= 15 is 0 Å². The SMILES string of the molecule is Cc1ccc([C@@H]2CN(Cc3ncc[nH]3)[C@@H]3C4CCN(CC4)[C@@H]32)cc1. The molecule has 2 aromatic rings. The first-order valence-electron chi connectivity index (χ1n) is 9.32. The van der Waals surface area contributed by atoms with E-state index in [2.05, 4.69) is 51.0 Å². The molecule has 0 radical (unpaired) electrons. The third-order valence-electron chi connectivity index (χ3n) is 6.51. The van der Waals surface area contributed by atoms with Crippen molar-refractivity contribution >= 4 is 0 Å². The van der Waals surface area contributed by atoms with Crippen molar-refractivity contribution < 1.29 is 0 Å². The maximum atomic E-state index is 4.48. The molecule has 24 heavy (non-hydrogen) atoms. The van der Waals surface area contributed by atoms with Gasteiger partial charge in [-0.2, -0.15) is 0 Å². The normalized spacial score (nSPS) is 35.3. The van der Waals surface area contributed by atoms with E-state index in [9.17, 15) is 0 Å². The fraction of sp³-hybridized carbons (Fsp3) is 0.550. The molecule has 6 rings (SSSR count). The van der Waals surface area contributed by atoms with Crippen LogP contribution in [0.1, 0.15) is 35.7 Å². The predicted molar refractivity (Wildman–Crippen MR) is 94.8 cm³/mol. The number of hydrogen-bond donors (Lipinski definition) is 1. The Hall–Kier alpha value is -1.65. The number of H-pyrrole nitrogens is 1. The van der Waals surface area contributed by atoms with Gasteiger partial charge in [-0.1, -0.05) is 29.8 Å². The first-order valence-corrected chi connectivity index (χ1v) is 9.32. The van der Waals surface area contributed by atoms with Gasteiger partial charge in [-0.05, 0) is 44.3 Å². The van der Waals surface area contributed by atoms with Gasteiger partial charge in [-0.15, -0.1) is 0 Å². The average Bonchev–Trinajstić information content (AvgIpc) is 3.26. The molecule has 3 atom stereocenters. The van der Waals surface area contributed by atoms with E-state index in [1.54, 1.807) is 0 Å². The van der Waals surface area contributed by atoms with Gasteiger partial charge in [0, 0.05) is 36.9 Å². The van der Waals surface area contributed by atoms with E-state index in [1.807, 2.05) is 12.4 Å². The largest absolute Gasteiger partial charge is 0.348 e. The summed E-state index contributed by atoms with van der Waals surface area (Å²) in [5.41, 5.74) is 2.87. The van der Waals surface area contributed by atoms with Crippen molar-refractivity contribution in [3.05, 3.63) is 53.6 Å². The van der Waals surface area contributed by atoms with Gasteiger partial charge in [0.25, 0.3) is 0 Å². The molecule has 5 heterocycles. The lowest BCUT2D eigenvalue weighted by Crippen LogP contribution is -2.60.